The molecule has 0 saturated heterocycles. The second-order valence-corrected chi connectivity index (χ2v) is 13.7. The summed E-state index contributed by atoms with van der Waals surface area (Å²) in [6.07, 6.45) is 0. The Kier molecular flexibility index (Phi) is 7.97. The molecule has 8 bridgehead atoms. The van der Waals surface area contributed by atoms with Gasteiger partial charge in [-0.2, -0.15) is 0 Å². The van der Waals surface area contributed by atoms with E-state index in [0.717, 1.165) is 49.1 Å². The van der Waals surface area contributed by atoms with Crippen molar-refractivity contribution in [3.63, 3.8) is 0 Å². The van der Waals surface area contributed by atoms with Crippen molar-refractivity contribution in [1.29, 1.82) is 0 Å². The van der Waals surface area contributed by atoms with Gasteiger partial charge in [0.15, 0.2) is 0 Å². The first kappa shape index (κ1) is 31.9. The molecular formula is C46H32N2OPt. The molecule has 0 unspecified atom stereocenters. The van der Waals surface area contributed by atoms with Crippen LogP contribution in [0.5, 0.6) is 11.8 Å². The van der Waals surface area contributed by atoms with Gasteiger partial charge in [0.1, 0.15) is 0 Å². The van der Waals surface area contributed by atoms with Crippen LogP contribution in [0.2, 0.25) is 0 Å². The van der Waals surface area contributed by atoms with Gasteiger partial charge in [-0.3, -0.25) is 9.97 Å². The molecule has 0 fully saturated rings. The summed E-state index contributed by atoms with van der Waals surface area (Å²) < 4.78 is 6.65. The topological polar surface area (TPSA) is 35.0 Å². The molecular weight excluding hydrogens is 792 g/mol. The quantitative estimate of drug-likeness (QED) is 0.167. The fourth-order valence-electron chi connectivity index (χ4n) is 6.87. The van der Waals surface area contributed by atoms with Gasteiger partial charge in [-0.25, -0.2) is 0 Å². The van der Waals surface area contributed by atoms with Gasteiger partial charge >= 0.3 is 21.1 Å². The smallest absolute Gasteiger partial charge is 0.422 e. The van der Waals surface area contributed by atoms with Crippen molar-refractivity contribution in [3.8, 4) is 23.0 Å². The van der Waals surface area contributed by atoms with Crippen molar-refractivity contribution in [2.75, 3.05) is 0 Å². The Labute approximate surface area is 305 Å². The Morgan fingerprint density at radius 2 is 1.20 bits per heavy atom. The van der Waals surface area contributed by atoms with Crippen LogP contribution in [-0.4, -0.2) is 9.97 Å². The molecule has 2 aromatic heterocycles. The molecule has 0 radical (unpaired) electrons. The Balaban J connectivity index is 0.00000361. The van der Waals surface area contributed by atoms with Crippen LogP contribution in [0.3, 0.4) is 0 Å². The predicted molar refractivity (Wildman–Crippen MR) is 204 cm³/mol. The minimum absolute atomic E-state index is 0. The SMILES string of the molecule is CC(C)(C)c1cc[c-]c(-c2cccc(Oc3nc4cc5c3cccc5c3cccc(c3)c3ccc5cccc(c6cc[c-]c4c6)c5c3)n2)c1.[Pt+2]. The zero-order valence-electron chi connectivity index (χ0n) is 27.9. The van der Waals surface area contributed by atoms with Crippen LogP contribution in [-0.2, 0) is 26.5 Å². The van der Waals surface area contributed by atoms with Gasteiger partial charge in [-0.15, -0.1) is 70.4 Å². The minimum Gasteiger partial charge on any atom is -0.422 e. The first-order valence-corrected chi connectivity index (χ1v) is 16.6. The Bertz CT molecular complexity index is 2800. The number of hydrogen-bond donors (Lipinski definition) is 0. The maximum Gasteiger partial charge on any atom is 2.00 e. The van der Waals surface area contributed by atoms with E-state index in [1.807, 2.05) is 30.3 Å². The molecule has 9 aromatic rings. The van der Waals surface area contributed by atoms with Gasteiger partial charge < -0.3 is 4.74 Å². The van der Waals surface area contributed by atoms with E-state index in [4.69, 9.17) is 14.7 Å². The summed E-state index contributed by atoms with van der Waals surface area (Å²) in [4.78, 5) is 10.1. The number of pyridine rings is 2. The van der Waals surface area contributed by atoms with Crippen LogP contribution in [0.25, 0.3) is 76.0 Å². The number of hydrogen-bond acceptors (Lipinski definition) is 3. The van der Waals surface area contributed by atoms with Crippen molar-refractivity contribution in [1.82, 2.24) is 9.97 Å². The maximum atomic E-state index is 6.65. The first-order chi connectivity index (χ1) is 23.9. The van der Waals surface area contributed by atoms with Crippen LogP contribution in [0.15, 0.2) is 140 Å². The van der Waals surface area contributed by atoms with E-state index >= 15 is 0 Å². The van der Waals surface area contributed by atoms with Crippen LogP contribution in [0, 0.1) is 12.1 Å². The van der Waals surface area contributed by atoms with E-state index in [1.165, 1.54) is 32.5 Å². The zero-order valence-corrected chi connectivity index (χ0v) is 30.2. The van der Waals surface area contributed by atoms with Crippen molar-refractivity contribution in [3.05, 3.63) is 157 Å². The normalized spacial score (nSPS) is 11.7. The maximum absolute atomic E-state index is 6.65. The monoisotopic (exact) mass is 823 g/mol. The third-order valence-electron chi connectivity index (χ3n) is 9.49. The average Bonchev–Trinajstić information content (AvgIpc) is 3.14. The van der Waals surface area contributed by atoms with E-state index < -0.39 is 0 Å². The summed E-state index contributed by atoms with van der Waals surface area (Å²) in [6.45, 7) is 6.64. The third kappa shape index (κ3) is 5.72. The molecule has 7 aromatic carbocycles. The summed E-state index contributed by atoms with van der Waals surface area (Å²) in [5.41, 5.74) is 3.76. The van der Waals surface area contributed by atoms with E-state index in [1.54, 1.807) is 0 Å². The Hall–Kier alpha value is -5.37. The summed E-state index contributed by atoms with van der Waals surface area (Å²) >= 11 is 0. The van der Waals surface area contributed by atoms with Crippen LogP contribution < -0.4 is 4.74 Å². The zero-order chi connectivity index (χ0) is 33.1. The summed E-state index contributed by atoms with van der Waals surface area (Å²) in [6, 6.07) is 55.8. The van der Waals surface area contributed by atoms with Crippen molar-refractivity contribution >= 4 is 64.8 Å². The van der Waals surface area contributed by atoms with Gasteiger partial charge in [0.2, 0.25) is 11.8 Å². The van der Waals surface area contributed by atoms with E-state index in [2.05, 4.69) is 142 Å². The molecule has 0 aliphatic rings. The molecule has 0 spiro atoms. The Morgan fingerprint density at radius 1 is 0.520 bits per heavy atom. The molecule has 0 saturated carbocycles. The van der Waals surface area contributed by atoms with E-state index in [-0.39, 0.29) is 26.5 Å². The molecule has 0 amide bonds. The van der Waals surface area contributed by atoms with Crippen molar-refractivity contribution in [2.45, 2.75) is 26.2 Å². The molecule has 2 heterocycles. The molecule has 0 N–H and O–H groups in total. The molecule has 0 aliphatic carbocycles. The van der Waals surface area contributed by atoms with Gasteiger partial charge in [0.05, 0.1) is 0 Å². The second kappa shape index (κ2) is 12.5. The van der Waals surface area contributed by atoms with E-state index in [9.17, 15) is 0 Å². The minimum atomic E-state index is 0. The molecule has 50 heavy (non-hydrogen) atoms. The van der Waals surface area contributed by atoms with Gasteiger partial charge in [0.25, 0.3) is 0 Å². The van der Waals surface area contributed by atoms with Crippen molar-refractivity contribution in [2.24, 2.45) is 0 Å². The summed E-state index contributed by atoms with van der Waals surface area (Å²) in [5.74, 6) is 0.975. The predicted octanol–water partition coefficient (Wildman–Crippen LogP) is 12.3. The van der Waals surface area contributed by atoms with Gasteiger partial charge in [-0.05, 0) is 84.0 Å². The number of benzene rings is 6. The first-order valence-electron chi connectivity index (χ1n) is 16.6. The average molecular weight is 824 g/mol. The molecule has 9 rings (SSSR count). The molecule has 242 valence electrons. The van der Waals surface area contributed by atoms with Crippen LogP contribution in [0.1, 0.15) is 26.3 Å². The Morgan fingerprint density at radius 3 is 2.08 bits per heavy atom. The summed E-state index contributed by atoms with van der Waals surface area (Å²) in [7, 11) is 0. The van der Waals surface area contributed by atoms with E-state index in [0.29, 0.717) is 11.8 Å². The molecule has 3 nitrogen and oxygen atoms in total. The number of ether oxygens (including phenoxy) is 1. The molecule has 4 heteroatoms. The fraction of sp³-hybridized carbons (Fsp3) is 0.0870. The number of rotatable bonds is 3. The van der Waals surface area contributed by atoms with Crippen molar-refractivity contribution < 1.29 is 25.8 Å². The van der Waals surface area contributed by atoms with Crippen LogP contribution >= 0.6 is 0 Å². The second-order valence-electron chi connectivity index (χ2n) is 13.7. The van der Waals surface area contributed by atoms with Gasteiger partial charge in [0, 0.05) is 5.39 Å². The van der Waals surface area contributed by atoms with Crippen LogP contribution in [0.4, 0.5) is 0 Å². The molecule has 0 atom stereocenters. The fourth-order valence-corrected chi connectivity index (χ4v) is 6.87. The number of aromatic nitrogens is 2. The molecule has 0 aliphatic heterocycles. The number of nitrogens with zero attached hydrogens (tertiary/aromatic N) is 2. The number of fused-ring (bicyclic) bond motifs is 10. The largest absolute Gasteiger partial charge is 2.00 e. The standard InChI is InChI=1S/C46H32N2O.Pt/c1-46(2,3)36-16-6-15-35(26-36)42-20-9-21-44(47-42)49-45-39-19-8-18-38-32-12-4-11-30(24-32)31-23-22-29-10-7-17-37(40(29)27-31)33-13-5-14-34(25-33)43(48-45)28-41(38)39;/h4-13,16-28H,1-3H3;/q-2;+2. The van der Waals surface area contributed by atoms with Gasteiger partial charge in [-0.1, -0.05) is 99.6 Å². The third-order valence-corrected chi connectivity index (χ3v) is 9.49. The summed E-state index contributed by atoms with van der Waals surface area (Å²) in [5, 5.41) is 12.2.